The van der Waals surface area contributed by atoms with Gasteiger partial charge in [0.05, 0.1) is 16.0 Å². The highest BCUT2D eigenvalue weighted by molar-refractivity contribution is 7.85. The van der Waals surface area contributed by atoms with E-state index in [2.05, 4.69) is 10.1 Å². The lowest BCUT2D eigenvalue weighted by Gasteiger charge is -2.17. The molecule has 0 radical (unpaired) electrons. The first-order valence-corrected chi connectivity index (χ1v) is 9.86. The Labute approximate surface area is 162 Å². The number of nitrogens with zero attached hydrogens (tertiary/aromatic N) is 1. The molecular formula is C19H19F3N2O3S. The Morgan fingerprint density at radius 2 is 1.93 bits per heavy atom. The molecule has 2 atom stereocenters. The van der Waals surface area contributed by atoms with Crippen LogP contribution in [0.5, 0.6) is 5.75 Å². The summed E-state index contributed by atoms with van der Waals surface area (Å²) in [5, 5.41) is 2.54. The minimum absolute atomic E-state index is 0.0663. The fourth-order valence-corrected chi connectivity index (χ4v) is 4.42. The summed E-state index contributed by atoms with van der Waals surface area (Å²) < 4.78 is 53.3. The molecule has 0 aliphatic carbocycles. The Balaban J connectivity index is 1.52. The Morgan fingerprint density at radius 1 is 1.18 bits per heavy atom. The summed E-state index contributed by atoms with van der Waals surface area (Å²) in [6.45, 7) is 0.910. The summed E-state index contributed by atoms with van der Waals surface area (Å²) in [6, 6.07) is 14.2. The van der Waals surface area contributed by atoms with Crippen LogP contribution in [0.25, 0.3) is 0 Å². The second kappa shape index (κ2) is 8.64. The smallest absolute Gasteiger partial charge is 0.406 e. The van der Waals surface area contributed by atoms with Crippen LogP contribution in [0.3, 0.4) is 0 Å². The third kappa shape index (κ3) is 5.48. The zero-order valence-electron chi connectivity index (χ0n) is 14.8. The number of urea groups is 1. The summed E-state index contributed by atoms with van der Waals surface area (Å²) in [5.74, 6) is -0.334. The number of hydrogen-bond donors (Lipinski definition) is 1. The van der Waals surface area contributed by atoms with Crippen molar-refractivity contribution < 1.29 is 26.9 Å². The Kier molecular flexibility index (Phi) is 6.23. The number of hydrogen-bond acceptors (Lipinski definition) is 3. The number of carbonyl (C=O) groups excluding carboxylic acids is 1. The van der Waals surface area contributed by atoms with Crippen LogP contribution in [-0.4, -0.2) is 39.8 Å². The molecule has 1 heterocycles. The second-order valence-electron chi connectivity index (χ2n) is 6.32. The van der Waals surface area contributed by atoms with Gasteiger partial charge in [-0.2, -0.15) is 0 Å². The summed E-state index contributed by atoms with van der Waals surface area (Å²) in [5.41, 5.74) is 0.485. The molecule has 0 spiro atoms. The topological polar surface area (TPSA) is 58.6 Å². The van der Waals surface area contributed by atoms with Gasteiger partial charge in [0.25, 0.3) is 0 Å². The number of carbonyl (C=O) groups is 1. The van der Waals surface area contributed by atoms with E-state index in [0.717, 1.165) is 4.90 Å². The highest BCUT2D eigenvalue weighted by Crippen LogP contribution is 2.24. The molecule has 1 aliphatic rings. The minimum Gasteiger partial charge on any atom is -0.406 e. The lowest BCUT2D eigenvalue weighted by atomic mass is 10.2. The van der Waals surface area contributed by atoms with Crippen LogP contribution in [0.2, 0.25) is 0 Å². The van der Waals surface area contributed by atoms with Gasteiger partial charge in [-0.3, -0.25) is 4.21 Å². The van der Waals surface area contributed by atoms with E-state index >= 15 is 0 Å². The molecule has 2 amide bonds. The molecule has 1 saturated heterocycles. The number of ether oxygens (including phenoxy) is 1. The average molecular weight is 412 g/mol. The van der Waals surface area contributed by atoms with Gasteiger partial charge in [-0.1, -0.05) is 30.3 Å². The molecule has 3 rings (SSSR count). The summed E-state index contributed by atoms with van der Waals surface area (Å²) in [6.07, 6.45) is -4.13. The van der Waals surface area contributed by atoms with Gasteiger partial charge in [0.2, 0.25) is 0 Å². The molecule has 2 aromatic rings. The largest absolute Gasteiger partial charge is 0.573 e. The van der Waals surface area contributed by atoms with Crippen molar-refractivity contribution >= 4 is 16.8 Å². The van der Waals surface area contributed by atoms with Gasteiger partial charge < -0.3 is 15.0 Å². The van der Waals surface area contributed by atoms with Gasteiger partial charge in [-0.15, -0.1) is 13.2 Å². The number of amides is 2. The SMILES string of the molecule is O=C(NCc1cccc(OC(F)(F)F)c1)N1CCC(S(=O)c2ccccc2)C1. The summed E-state index contributed by atoms with van der Waals surface area (Å²) in [4.78, 5) is 14.6. The van der Waals surface area contributed by atoms with Crippen LogP contribution >= 0.6 is 0 Å². The molecule has 5 nitrogen and oxygen atoms in total. The third-order valence-electron chi connectivity index (χ3n) is 4.29. The van der Waals surface area contributed by atoms with E-state index < -0.39 is 17.2 Å². The fraction of sp³-hybridized carbons (Fsp3) is 0.316. The maximum Gasteiger partial charge on any atom is 0.573 e. The zero-order chi connectivity index (χ0) is 20.1. The Morgan fingerprint density at radius 3 is 2.64 bits per heavy atom. The van der Waals surface area contributed by atoms with Crippen molar-refractivity contribution in [1.82, 2.24) is 10.2 Å². The van der Waals surface area contributed by atoms with Crippen molar-refractivity contribution in [3.05, 3.63) is 60.2 Å². The molecule has 1 aliphatic heterocycles. The molecule has 2 unspecified atom stereocenters. The summed E-state index contributed by atoms with van der Waals surface area (Å²) in [7, 11) is -1.19. The highest BCUT2D eigenvalue weighted by atomic mass is 32.2. The third-order valence-corrected chi connectivity index (χ3v) is 6.01. The van der Waals surface area contributed by atoms with Crippen LogP contribution in [0.15, 0.2) is 59.5 Å². The maximum absolute atomic E-state index is 12.6. The van der Waals surface area contributed by atoms with Gasteiger partial charge in [-0.25, -0.2) is 4.79 Å². The second-order valence-corrected chi connectivity index (χ2v) is 8.05. The molecule has 9 heteroatoms. The number of benzene rings is 2. The van der Waals surface area contributed by atoms with E-state index in [9.17, 15) is 22.2 Å². The first kappa shape index (κ1) is 20.2. The molecule has 1 fully saturated rings. The van der Waals surface area contributed by atoms with Crippen molar-refractivity contribution in [2.24, 2.45) is 0 Å². The van der Waals surface area contributed by atoms with Gasteiger partial charge >= 0.3 is 12.4 Å². The normalized spacial score (nSPS) is 18.0. The van der Waals surface area contributed by atoms with E-state index in [1.807, 2.05) is 18.2 Å². The monoisotopic (exact) mass is 412 g/mol. The van der Waals surface area contributed by atoms with Gasteiger partial charge in [0.15, 0.2) is 0 Å². The molecule has 2 aromatic carbocycles. The lowest BCUT2D eigenvalue weighted by Crippen LogP contribution is -2.38. The Hall–Kier alpha value is -2.55. The first-order chi connectivity index (χ1) is 13.3. The number of rotatable bonds is 5. The van der Waals surface area contributed by atoms with Crippen molar-refractivity contribution in [3.63, 3.8) is 0 Å². The molecular weight excluding hydrogens is 393 g/mol. The number of nitrogens with one attached hydrogen (secondary N) is 1. The number of likely N-dealkylation sites (tertiary alicyclic amines) is 1. The van der Waals surface area contributed by atoms with Crippen molar-refractivity contribution in [2.45, 2.75) is 29.5 Å². The minimum atomic E-state index is -4.76. The van der Waals surface area contributed by atoms with Crippen molar-refractivity contribution in [2.75, 3.05) is 13.1 Å². The van der Waals surface area contributed by atoms with E-state index in [4.69, 9.17) is 0 Å². The van der Waals surface area contributed by atoms with Crippen LogP contribution in [-0.2, 0) is 17.3 Å². The van der Waals surface area contributed by atoms with Crippen LogP contribution in [0.4, 0.5) is 18.0 Å². The van der Waals surface area contributed by atoms with Gasteiger partial charge in [0.1, 0.15) is 5.75 Å². The van der Waals surface area contributed by atoms with E-state index in [1.54, 1.807) is 23.1 Å². The van der Waals surface area contributed by atoms with Crippen LogP contribution < -0.4 is 10.1 Å². The van der Waals surface area contributed by atoms with E-state index in [1.165, 1.54) is 18.2 Å². The number of halogens is 3. The molecule has 0 bridgehead atoms. The predicted octanol–water partition coefficient (Wildman–Crippen LogP) is 3.68. The Bertz CT molecular complexity index is 846. The average Bonchev–Trinajstić information content (AvgIpc) is 3.15. The lowest BCUT2D eigenvalue weighted by molar-refractivity contribution is -0.274. The molecule has 1 N–H and O–H groups in total. The zero-order valence-corrected chi connectivity index (χ0v) is 15.6. The van der Waals surface area contributed by atoms with Crippen molar-refractivity contribution in [1.29, 1.82) is 0 Å². The summed E-state index contributed by atoms with van der Waals surface area (Å²) >= 11 is 0. The van der Waals surface area contributed by atoms with Crippen LogP contribution in [0.1, 0.15) is 12.0 Å². The quantitative estimate of drug-likeness (QED) is 0.815. The maximum atomic E-state index is 12.6. The molecule has 0 saturated carbocycles. The molecule has 150 valence electrons. The molecule has 28 heavy (non-hydrogen) atoms. The number of alkyl halides is 3. The van der Waals surface area contributed by atoms with Crippen LogP contribution in [0, 0.1) is 0 Å². The highest BCUT2D eigenvalue weighted by Gasteiger charge is 2.32. The van der Waals surface area contributed by atoms with E-state index in [0.29, 0.717) is 25.1 Å². The standard InChI is InChI=1S/C19H19F3N2O3S/c20-19(21,22)27-15-6-4-5-14(11-15)12-23-18(25)24-10-9-17(13-24)28(26)16-7-2-1-3-8-16/h1-8,11,17H,9-10,12-13H2,(H,23,25). The van der Waals surface area contributed by atoms with E-state index in [-0.39, 0.29) is 23.6 Å². The fourth-order valence-electron chi connectivity index (χ4n) is 2.98. The molecule has 0 aromatic heterocycles. The first-order valence-electron chi connectivity index (χ1n) is 8.65. The van der Waals surface area contributed by atoms with Gasteiger partial charge in [-0.05, 0) is 36.2 Å². The predicted molar refractivity (Wildman–Crippen MR) is 98.2 cm³/mol. The van der Waals surface area contributed by atoms with Crippen molar-refractivity contribution in [3.8, 4) is 5.75 Å². The van der Waals surface area contributed by atoms with Gasteiger partial charge in [0, 0.05) is 24.5 Å².